The maximum absolute atomic E-state index is 11.4. The first kappa shape index (κ1) is 10.3. The number of methoxy groups -OCH3 is 1. The molecule has 0 radical (unpaired) electrons. The van der Waals surface area contributed by atoms with Gasteiger partial charge in [0.25, 0.3) is 0 Å². The topological polar surface area (TPSA) is 44.1 Å². The standard InChI is InChI=1S/C13H14N2O2/c1-17-13(16)9-5-6-11-10(8-9)14-12-4-2-3-7-15(11)12/h5-6,8H,2-4,7H2,1H3. The molecule has 0 saturated carbocycles. The van der Waals surface area contributed by atoms with E-state index in [0.717, 1.165) is 29.8 Å². The highest BCUT2D eigenvalue weighted by Crippen LogP contribution is 2.23. The van der Waals surface area contributed by atoms with E-state index < -0.39 is 0 Å². The van der Waals surface area contributed by atoms with E-state index in [1.165, 1.54) is 20.0 Å². The predicted molar refractivity (Wildman–Crippen MR) is 64.0 cm³/mol. The Kier molecular flexibility index (Phi) is 2.35. The molecule has 4 heteroatoms. The normalized spacial score (nSPS) is 14.6. The zero-order valence-electron chi connectivity index (χ0n) is 9.77. The molecule has 1 aromatic heterocycles. The van der Waals surface area contributed by atoms with Crippen molar-refractivity contribution < 1.29 is 9.53 Å². The second-order valence-electron chi connectivity index (χ2n) is 4.33. The molecule has 4 nitrogen and oxygen atoms in total. The molecule has 1 aromatic carbocycles. The van der Waals surface area contributed by atoms with Crippen LogP contribution < -0.4 is 0 Å². The average Bonchev–Trinajstić information content (AvgIpc) is 2.75. The van der Waals surface area contributed by atoms with Crippen molar-refractivity contribution in [1.82, 2.24) is 9.55 Å². The van der Waals surface area contributed by atoms with Crippen molar-refractivity contribution >= 4 is 17.0 Å². The third-order valence-electron chi connectivity index (χ3n) is 3.28. The maximum Gasteiger partial charge on any atom is 0.337 e. The maximum atomic E-state index is 11.4. The van der Waals surface area contributed by atoms with E-state index in [0.29, 0.717) is 5.56 Å². The third kappa shape index (κ3) is 1.60. The second-order valence-corrected chi connectivity index (χ2v) is 4.33. The van der Waals surface area contributed by atoms with Crippen LogP contribution in [0.25, 0.3) is 11.0 Å². The molecule has 0 unspecified atom stereocenters. The highest BCUT2D eigenvalue weighted by molar-refractivity contribution is 5.93. The summed E-state index contributed by atoms with van der Waals surface area (Å²) in [5.74, 6) is 0.825. The molecule has 0 bridgehead atoms. The van der Waals surface area contributed by atoms with E-state index in [2.05, 4.69) is 9.55 Å². The molecule has 1 aliphatic rings. The van der Waals surface area contributed by atoms with Crippen LogP contribution in [-0.2, 0) is 17.7 Å². The summed E-state index contributed by atoms with van der Waals surface area (Å²) in [6, 6.07) is 5.58. The van der Waals surface area contributed by atoms with E-state index >= 15 is 0 Å². The van der Waals surface area contributed by atoms with Gasteiger partial charge in [-0.3, -0.25) is 0 Å². The minimum absolute atomic E-state index is 0.308. The van der Waals surface area contributed by atoms with Gasteiger partial charge in [-0.15, -0.1) is 0 Å². The predicted octanol–water partition coefficient (Wildman–Crippen LogP) is 2.16. The zero-order valence-corrected chi connectivity index (χ0v) is 9.77. The Morgan fingerprint density at radius 1 is 1.41 bits per heavy atom. The Bertz CT molecular complexity index is 586. The van der Waals surface area contributed by atoms with Gasteiger partial charge in [0.1, 0.15) is 5.82 Å². The van der Waals surface area contributed by atoms with Gasteiger partial charge in [-0.05, 0) is 31.0 Å². The highest BCUT2D eigenvalue weighted by atomic mass is 16.5. The molecular formula is C13H14N2O2. The number of benzene rings is 1. The molecule has 0 atom stereocenters. The van der Waals surface area contributed by atoms with Crippen LogP contribution in [0.1, 0.15) is 29.0 Å². The van der Waals surface area contributed by atoms with E-state index in [1.807, 2.05) is 12.1 Å². The van der Waals surface area contributed by atoms with Crippen LogP contribution in [0.3, 0.4) is 0 Å². The first-order valence-corrected chi connectivity index (χ1v) is 5.87. The van der Waals surface area contributed by atoms with Gasteiger partial charge < -0.3 is 9.30 Å². The van der Waals surface area contributed by atoms with Gasteiger partial charge in [-0.2, -0.15) is 0 Å². The van der Waals surface area contributed by atoms with Gasteiger partial charge in [-0.1, -0.05) is 0 Å². The largest absolute Gasteiger partial charge is 0.465 e. The number of nitrogens with zero attached hydrogens (tertiary/aromatic N) is 2. The number of fused-ring (bicyclic) bond motifs is 3. The van der Waals surface area contributed by atoms with E-state index in [4.69, 9.17) is 4.74 Å². The summed E-state index contributed by atoms with van der Waals surface area (Å²) in [6.45, 7) is 1.03. The number of esters is 1. The molecule has 2 aromatic rings. The summed E-state index contributed by atoms with van der Waals surface area (Å²) in [4.78, 5) is 16.0. The number of carbonyl (C=O) groups is 1. The molecule has 0 N–H and O–H groups in total. The molecule has 0 aliphatic carbocycles. The van der Waals surface area contributed by atoms with Crippen LogP contribution in [0, 0.1) is 0 Å². The van der Waals surface area contributed by atoms with Crippen LogP contribution in [0.4, 0.5) is 0 Å². The van der Waals surface area contributed by atoms with Crippen molar-refractivity contribution in [2.75, 3.05) is 7.11 Å². The van der Waals surface area contributed by atoms with Crippen molar-refractivity contribution in [3.8, 4) is 0 Å². The molecule has 0 spiro atoms. The second kappa shape index (κ2) is 3.87. The Morgan fingerprint density at radius 2 is 2.29 bits per heavy atom. The van der Waals surface area contributed by atoms with Crippen LogP contribution in [0.2, 0.25) is 0 Å². The van der Waals surface area contributed by atoms with E-state index in [-0.39, 0.29) is 5.97 Å². The Hall–Kier alpha value is -1.84. The fourth-order valence-electron chi connectivity index (χ4n) is 2.42. The molecule has 1 aliphatic heterocycles. The summed E-state index contributed by atoms with van der Waals surface area (Å²) in [7, 11) is 1.39. The monoisotopic (exact) mass is 230 g/mol. The minimum atomic E-state index is -0.308. The number of ether oxygens (including phenoxy) is 1. The van der Waals surface area contributed by atoms with Crippen LogP contribution in [-0.4, -0.2) is 22.6 Å². The van der Waals surface area contributed by atoms with Crippen molar-refractivity contribution in [2.24, 2.45) is 0 Å². The minimum Gasteiger partial charge on any atom is -0.465 e. The lowest BCUT2D eigenvalue weighted by molar-refractivity contribution is 0.0601. The van der Waals surface area contributed by atoms with Gasteiger partial charge in [0.2, 0.25) is 0 Å². The van der Waals surface area contributed by atoms with Crippen molar-refractivity contribution in [1.29, 1.82) is 0 Å². The highest BCUT2D eigenvalue weighted by Gasteiger charge is 2.15. The Morgan fingerprint density at radius 3 is 3.12 bits per heavy atom. The zero-order chi connectivity index (χ0) is 11.8. The fourth-order valence-corrected chi connectivity index (χ4v) is 2.42. The van der Waals surface area contributed by atoms with Crippen molar-refractivity contribution in [3.63, 3.8) is 0 Å². The smallest absolute Gasteiger partial charge is 0.337 e. The lowest BCUT2D eigenvalue weighted by Crippen LogP contribution is -2.09. The first-order chi connectivity index (χ1) is 8.29. The number of carbonyl (C=O) groups excluding carboxylic acids is 1. The van der Waals surface area contributed by atoms with E-state index in [9.17, 15) is 4.79 Å². The average molecular weight is 230 g/mol. The van der Waals surface area contributed by atoms with Gasteiger partial charge in [0.05, 0.1) is 23.7 Å². The summed E-state index contributed by atoms with van der Waals surface area (Å²) in [5.41, 5.74) is 2.58. The summed E-state index contributed by atoms with van der Waals surface area (Å²) >= 11 is 0. The number of aromatic nitrogens is 2. The van der Waals surface area contributed by atoms with Crippen molar-refractivity contribution in [3.05, 3.63) is 29.6 Å². The SMILES string of the molecule is COC(=O)c1ccc2c(c1)nc1n2CCCC1. The fraction of sp³-hybridized carbons (Fsp3) is 0.385. The van der Waals surface area contributed by atoms with Gasteiger partial charge >= 0.3 is 5.97 Å². The lowest BCUT2D eigenvalue weighted by atomic mass is 10.1. The molecule has 0 amide bonds. The Balaban J connectivity index is 2.14. The number of hydrogen-bond donors (Lipinski definition) is 0. The van der Waals surface area contributed by atoms with E-state index in [1.54, 1.807) is 6.07 Å². The summed E-state index contributed by atoms with van der Waals surface area (Å²) in [6.07, 6.45) is 3.44. The Labute approximate surface area is 99.2 Å². The molecule has 17 heavy (non-hydrogen) atoms. The van der Waals surface area contributed by atoms with Gasteiger partial charge in [-0.25, -0.2) is 9.78 Å². The number of rotatable bonds is 1. The van der Waals surface area contributed by atoms with Crippen LogP contribution >= 0.6 is 0 Å². The number of hydrogen-bond acceptors (Lipinski definition) is 3. The lowest BCUT2D eigenvalue weighted by Gasteiger charge is -2.13. The molecule has 0 fully saturated rings. The first-order valence-electron chi connectivity index (χ1n) is 5.87. The summed E-state index contributed by atoms with van der Waals surface area (Å²) < 4.78 is 6.96. The molecule has 3 rings (SSSR count). The quantitative estimate of drug-likeness (QED) is 0.705. The third-order valence-corrected chi connectivity index (χ3v) is 3.28. The van der Waals surface area contributed by atoms with Crippen LogP contribution in [0.15, 0.2) is 18.2 Å². The van der Waals surface area contributed by atoms with Crippen LogP contribution in [0.5, 0.6) is 0 Å². The summed E-state index contributed by atoms with van der Waals surface area (Å²) in [5, 5.41) is 0. The molecule has 88 valence electrons. The van der Waals surface area contributed by atoms with Crippen molar-refractivity contribution in [2.45, 2.75) is 25.8 Å². The molecule has 0 saturated heterocycles. The molecule has 2 heterocycles. The van der Waals surface area contributed by atoms with Gasteiger partial charge in [0, 0.05) is 13.0 Å². The molecular weight excluding hydrogens is 216 g/mol. The number of imidazole rings is 1. The van der Waals surface area contributed by atoms with Gasteiger partial charge in [0.15, 0.2) is 0 Å². The number of aryl methyl sites for hydroxylation is 2.